The van der Waals surface area contributed by atoms with E-state index in [0.717, 1.165) is 36.9 Å². The standard InChI is InChI=1S/C16H27N3O/c17-16(11-5-1-2-6-12-16)15-18-14(20-19-15)10-9-13-7-3-4-8-13/h13H,1-12,17H2. The third-order valence-electron chi connectivity index (χ3n) is 5.15. The maximum absolute atomic E-state index is 6.53. The topological polar surface area (TPSA) is 64.9 Å². The summed E-state index contributed by atoms with van der Waals surface area (Å²) in [6, 6.07) is 0. The van der Waals surface area contributed by atoms with E-state index in [9.17, 15) is 0 Å². The Kier molecular flexibility index (Phi) is 4.39. The molecule has 1 aromatic heterocycles. The Morgan fingerprint density at radius 3 is 2.45 bits per heavy atom. The highest BCUT2D eigenvalue weighted by Crippen LogP contribution is 2.32. The van der Waals surface area contributed by atoms with E-state index >= 15 is 0 Å². The van der Waals surface area contributed by atoms with Crippen LogP contribution in [0.4, 0.5) is 0 Å². The molecule has 4 nitrogen and oxygen atoms in total. The Morgan fingerprint density at radius 1 is 1.05 bits per heavy atom. The summed E-state index contributed by atoms with van der Waals surface area (Å²) in [4.78, 5) is 4.61. The average molecular weight is 277 g/mol. The first-order chi connectivity index (χ1) is 9.76. The highest BCUT2D eigenvalue weighted by molar-refractivity contribution is 5.04. The van der Waals surface area contributed by atoms with E-state index in [-0.39, 0.29) is 5.54 Å². The number of nitrogens with two attached hydrogens (primary N) is 1. The molecule has 2 fully saturated rings. The largest absolute Gasteiger partial charge is 0.339 e. The minimum Gasteiger partial charge on any atom is -0.339 e. The Bertz CT molecular complexity index is 415. The van der Waals surface area contributed by atoms with Crippen LogP contribution in [0.1, 0.15) is 82.3 Å². The van der Waals surface area contributed by atoms with Crippen molar-refractivity contribution in [3.8, 4) is 0 Å². The molecule has 20 heavy (non-hydrogen) atoms. The van der Waals surface area contributed by atoms with Gasteiger partial charge in [-0.05, 0) is 25.2 Å². The monoisotopic (exact) mass is 277 g/mol. The second-order valence-electron chi connectivity index (χ2n) is 6.77. The van der Waals surface area contributed by atoms with Crippen LogP contribution in [0.15, 0.2) is 4.52 Å². The van der Waals surface area contributed by atoms with Crippen LogP contribution < -0.4 is 5.73 Å². The number of rotatable bonds is 4. The van der Waals surface area contributed by atoms with Crippen molar-refractivity contribution < 1.29 is 4.52 Å². The molecule has 1 aromatic rings. The van der Waals surface area contributed by atoms with Crippen LogP contribution in [-0.2, 0) is 12.0 Å². The van der Waals surface area contributed by atoms with E-state index < -0.39 is 0 Å². The molecule has 0 aliphatic heterocycles. The highest BCUT2D eigenvalue weighted by Gasteiger charge is 2.33. The lowest BCUT2D eigenvalue weighted by atomic mass is 9.91. The fraction of sp³-hybridized carbons (Fsp3) is 0.875. The van der Waals surface area contributed by atoms with Gasteiger partial charge in [0.25, 0.3) is 0 Å². The van der Waals surface area contributed by atoms with Crippen LogP contribution in [-0.4, -0.2) is 10.1 Å². The molecular weight excluding hydrogens is 250 g/mol. The smallest absolute Gasteiger partial charge is 0.226 e. The molecule has 0 aromatic carbocycles. The third-order valence-corrected chi connectivity index (χ3v) is 5.15. The zero-order valence-corrected chi connectivity index (χ0v) is 12.4. The summed E-state index contributed by atoms with van der Waals surface area (Å²) in [5.74, 6) is 2.41. The number of aryl methyl sites for hydroxylation is 1. The van der Waals surface area contributed by atoms with Crippen molar-refractivity contribution in [1.82, 2.24) is 10.1 Å². The van der Waals surface area contributed by atoms with Crippen molar-refractivity contribution in [3.05, 3.63) is 11.7 Å². The van der Waals surface area contributed by atoms with Crippen molar-refractivity contribution in [3.63, 3.8) is 0 Å². The second-order valence-corrected chi connectivity index (χ2v) is 6.77. The summed E-state index contributed by atoms with van der Waals surface area (Å²) in [5, 5.41) is 4.19. The summed E-state index contributed by atoms with van der Waals surface area (Å²) in [6.07, 6.45) is 14.6. The minimum atomic E-state index is -0.342. The molecule has 4 heteroatoms. The molecule has 0 spiro atoms. The average Bonchev–Trinajstić information content (AvgIpc) is 3.08. The van der Waals surface area contributed by atoms with Crippen LogP contribution in [0, 0.1) is 5.92 Å². The summed E-state index contributed by atoms with van der Waals surface area (Å²) in [7, 11) is 0. The van der Waals surface area contributed by atoms with E-state index in [1.807, 2.05) is 0 Å². The van der Waals surface area contributed by atoms with Crippen molar-refractivity contribution >= 4 is 0 Å². The molecule has 112 valence electrons. The number of nitrogens with zero attached hydrogens (tertiary/aromatic N) is 2. The predicted molar refractivity (Wildman–Crippen MR) is 78.1 cm³/mol. The molecule has 0 radical (unpaired) electrons. The molecular formula is C16H27N3O. The summed E-state index contributed by atoms with van der Waals surface area (Å²) in [5.41, 5.74) is 6.19. The van der Waals surface area contributed by atoms with Gasteiger partial charge >= 0.3 is 0 Å². The predicted octanol–water partition coefficient (Wildman–Crippen LogP) is 3.70. The van der Waals surface area contributed by atoms with Crippen molar-refractivity contribution in [2.24, 2.45) is 11.7 Å². The lowest BCUT2D eigenvalue weighted by molar-refractivity contribution is 0.321. The van der Waals surface area contributed by atoms with Gasteiger partial charge in [0.2, 0.25) is 5.89 Å². The number of hydrogen-bond acceptors (Lipinski definition) is 4. The Balaban J connectivity index is 1.60. The van der Waals surface area contributed by atoms with E-state index in [1.54, 1.807) is 0 Å². The molecule has 1 heterocycles. The molecule has 0 saturated heterocycles. The van der Waals surface area contributed by atoms with E-state index in [0.29, 0.717) is 0 Å². The van der Waals surface area contributed by atoms with Gasteiger partial charge in [0.15, 0.2) is 5.82 Å². The maximum atomic E-state index is 6.53. The first-order valence-corrected chi connectivity index (χ1v) is 8.38. The summed E-state index contributed by atoms with van der Waals surface area (Å²) < 4.78 is 5.44. The molecule has 2 aliphatic rings. The molecule has 2 saturated carbocycles. The van der Waals surface area contributed by atoms with E-state index in [2.05, 4.69) is 10.1 Å². The maximum Gasteiger partial charge on any atom is 0.226 e. The van der Waals surface area contributed by atoms with Crippen LogP contribution >= 0.6 is 0 Å². The van der Waals surface area contributed by atoms with Gasteiger partial charge in [-0.15, -0.1) is 0 Å². The van der Waals surface area contributed by atoms with E-state index in [1.165, 1.54) is 57.8 Å². The first kappa shape index (κ1) is 14.1. The van der Waals surface area contributed by atoms with Crippen LogP contribution in [0.3, 0.4) is 0 Å². The van der Waals surface area contributed by atoms with Crippen molar-refractivity contribution in [2.45, 2.75) is 82.6 Å². The van der Waals surface area contributed by atoms with Gasteiger partial charge in [-0.3, -0.25) is 0 Å². The Morgan fingerprint density at radius 2 is 1.75 bits per heavy atom. The molecule has 2 aliphatic carbocycles. The lowest BCUT2D eigenvalue weighted by Crippen LogP contribution is -2.37. The first-order valence-electron chi connectivity index (χ1n) is 8.38. The van der Waals surface area contributed by atoms with Gasteiger partial charge in [0, 0.05) is 6.42 Å². The quantitative estimate of drug-likeness (QED) is 0.852. The Hall–Kier alpha value is -0.900. The van der Waals surface area contributed by atoms with Crippen LogP contribution in [0.25, 0.3) is 0 Å². The van der Waals surface area contributed by atoms with E-state index in [4.69, 9.17) is 10.3 Å². The molecule has 2 N–H and O–H groups in total. The van der Waals surface area contributed by atoms with Crippen molar-refractivity contribution in [1.29, 1.82) is 0 Å². The SMILES string of the molecule is NC1(c2noc(CCC3CCCC3)n2)CCCCCC1. The zero-order valence-electron chi connectivity index (χ0n) is 12.4. The van der Waals surface area contributed by atoms with Gasteiger partial charge in [-0.25, -0.2) is 0 Å². The molecule has 0 bridgehead atoms. The van der Waals surface area contributed by atoms with Gasteiger partial charge in [-0.2, -0.15) is 4.98 Å². The van der Waals surface area contributed by atoms with Gasteiger partial charge in [0.1, 0.15) is 0 Å². The Labute approximate surface area is 121 Å². The van der Waals surface area contributed by atoms with Gasteiger partial charge in [-0.1, -0.05) is 56.5 Å². The van der Waals surface area contributed by atoms with Crippen LogP contribution in [0.2, 0.25) is 0 Å². The molecule has 0 atom stereocenters. The fourth-order valence-corrected chi connectivity index (χ4v) is 3.77. The molecule has 3 rings (SSSR count). The molecule has 0 amide bonds. The summed E-state index contributed by atoms with van der Waals surface area (Å²) >= 11 is 0. The highest BCUT2D eigenvalue weighted by atomic mass is 16.5. The summed E-state index contributed by atoms with van der Waals surface area (Å²) in [6.45, 7) is 0. The number of hydrogen-bond donors (Lipinski definition) is 1. The van der Waals surface area contributed by atoms with Gasteiger partial charge in [0.05, 0.1) is 5.54 Å². The second kappa shape index (κ2) is 6.25. The van der Waals surface area contributed by atoms with Crippen molar-refractivity contribution in [2.75, 3.05) is 0 Å². The molecule has 0 unspecified atom stereocenters. The normalized spacial score (nSPS) is 23.9. The zero-order chi connectivity index (χ0) is 13.8. The lowest BCUT2D eigenvalue weighted by Gasteiger charge is -2.23. The third kappa shape index (κ3) is 3.22. The number of aromatic nitrogens is 2. The fourth-order valence-electron chi connectivity index (χ4n) is 3.77. The van der Waals surface area contributed by atoms with Gasteiger partial charge < -0.3 is 10.3 Å². The minimum absolute atomic E-state index is 0.342. The van der Waals surface area contributed by atoms with Crippen LogP contribution in [0.5, 0.6) is 0 Å².